The molecule has 0 aliphatic carbocycles. The van der Waals surface area contributed by atoms with Gasteiger partial charge in [-0.25, -0.2) is 9.97 Å². The highest BCUT2D eigenvalue weighted by molar-refractivity contribution is 5.93. The molecule has 0 aliphatic heterocycles. The van der Waals surface area contributed by atoms with E-state index in [9.17, 15) is 4.79 Å². The summed E-state index contributed by atoms with van der Waals surface area (Å²) in [4.78, 5) is 25.4. The molecule has 152 valence electrons. The standard InChI is InChI=1S/C21H32N6O/c1-7-27(8-2)17-9-10-18(15(3)13-17)25-20-14-19(23-16(4)24-20)21(28)22-11-12-26(5)6/h9-10,13-14H,7-8,11-12H2,1-6H3,(H,22,28)(H,23,24,25). The fraction of sp³-hybridized carbons (Fsp3) is 0.476. The van der Waals surface area contributed by atoms with Crippen LogP contribution in [0.4, 0.5) is 17.2 Å². The second-order valence-corrected chi connectivity index (χ2v) is 7.04. The zero-order chi connectivity index (χ0) is 20.7. The number of aromatic nitrogens is 2. The van der Waals surface area contributed by atoms with E-state index in [-0.39, 0.29) is 5.91 Å². The Morgan fingerprint density at radius 1 is 1.07 bits per heavy atom. The van der Waals surface area contributed by atoms with E-state index >= 15 is 0 Å². The molecule has 7 nitrogen and oxygen atoms in total. The number of amides is 1. The van der Waals surface area contributed by atoms with Crippen LogP contribution in [0.3, 0.4) is 0 Å². The highest BCUT2D eigenvalue weighted by atomic mass is 16.1. The molecular weight excluding hydrogens is 352 g/mol. The average Bonchev–Trinajstić information content (AvgIpc) is 2.64. The largest absolute Gasteiger partial charge is 0.372 e. The Morgan fingerprint density at radius 2 is 1.79 bits per heavy atom. The van der Waals surface area contributed by atoms with Gasteiger partial charge in [0.1, 0.15) is 17.3 Å². The van der Waals surface area contributed by atoms with Crippen LogP contribution < -0.4 is 15.5 Å². The first kappa shape index (κ1) is 21.6. The maximum Gasteiger partial charge on any atom is 0.270 e. The number of nitrogens with zero attached hydrogens (tertiary/aromatic N) is 4. The molecule has 0 spiro atoms. The van der Waals surface area contributed by atoms with Gasteiger partial charge in [0.05, 0.1) is 0 Å². The Hall–Kier alpha value is -2.67. The van der Waals surface area contributed by atoms with Gasteiger partial charge in [0, 0.05) is 43.6 Å². The van der Waals surface area contributed by atoms with Crippen molar-refractivity contribution in [2.75, 3.05) is 50.5 Å². The number of anilines is 3. The van der Waals surface area contributed by atoms with Crippen molar-refractivity contribution in [2.45, 2.75) is 27.7 Å². The smallest absolute Gasteiger partial charge is 0.270 e. The topological polar surface area (TPSA) is 73.4 Å². The van der Waals surface area contributed by atoms with Gasteiger partial charge in [-0.05, 0) is 65.6 Å². The van der Waals surface area contributed by atoms with Crippen molar-refractivity contribution in [3.05, 3.63) is 41.3 Å². The molecule has 7 heteroatoms. The molecule has 2 aromatic rings. The van der Waals surface area contributed by atoms with Crippen LogP contribution in [0.5, 0.6) is 0 Å². The molecule has 1 amide bonds. The number of likely N-dealkylation sites (N-methyl/N-ethyl adjacent to an activating group) is 1. The van der Waals surface area contributed by atoms with Crippen LogP contribution in [0.25, 0.3) is 0 Å². The summed E-state index contributed by atoms with van der Waals surface area (Å²) in [7, 11) is 3.94. The molecule has 28 heavy (non-hydrogen) atoms. The number of nitrogens with one attached hydrogen (secondary N) is 2. The van der Waals surface area contributed by atoms with E-state index in [0.717, 1.165) is 30.9 Å². The van der Waals surface area contributed by atoms with Crippen molar-refractivity contribution in [1.29, 1.82) is 0 Å². The minimum absolute atomic E-state index is 0.191. The Balaban J connectivity index is 2.16. The van der Waals surface area contributed by atoms with Crippen molar-refractivity contribution in [3.63, 3.8) is 0 Å². The van der Waals surface area contributed by atoms with Crippen molar-refractivity contribution in [1.82, 2.24) is 20.2 Å². The second-order valence-electron chi connectivity index (χ2n) is 7.04. The van der Waals surface area contributed by atoms with Crippen LogP contribution in [0, 0.1) is 13.8 Å². The summed E-state index contributed by atoms with van der Waals surface area (Å²) in [6.07, 6.45) is 0. The van der Waals surface area contributed by atoms with Gasteiger partial charge in [-0.2, -0.15) is 0 Å². The molecule has 1 heterocycles. The van der Waals surface area contributed by atoms with Gasteiger partial charge in [-0.1, -0.05) is 0 Å². The molecule has 0 atom stereocenters. The summed E-state index contributed by atoms with van der Waals surface area (Å²) < 4.78 is 0. The first-order valence-electron chi connectivity index (χ1n) is 9.75. The second kappa shape index (κ2) is 10.0. The lowest BCUT2D eigenvalue weighted by Gasteiger charge is -2.22. The van der Waals surface area contributed by atoms with E-state index in [1.54, 1.807) is 13.0 Å². The third-order valence-corrected chi connectivity index (χ3v) is 4.52. The third kappa shape index (κ3) is 5.92. The van der Waals surface area contributed by atoms with E-state index in [4.69, 9.17) is 0 Å². The minimum Gasteiger partial charge on any atom is -0.372 e. The van der Waals surface area contributed by atoms with Crippen molar-refractivity contribution in [2.24, 2.45) is 0 Å². The highest BCUT2D eigenvalue weighted by Gasteiger charge is 2.12. The molecule has 0 saturated heterocycles. The highest BCUT2D eigenvalue weighted by Crippen LogP contribution is 2.25. The van der Waals surface area contributed by atoms with Crippen LogP contribution in [0.2, 0.25) is 0 Å². The predicted molar refractivity (Wildman–Crippen MR) is 116 cm³/mol. The molecule has 0 radical (unpaired) electrons. The third-order valence-electron chi connectivity index (χ3n) is 4.52. The summed E-state index contributed by atoms with van der Waals surface area (Å²) in [5.41, 5.74) is 3.66. The van der Waals surface area contributed by atoms with Gasteiger partial charge in [-0.3, -0.25) is 4.79 Å². The lowest BCUT2D eigenvalue weighted by molar-refractivity contribution is 0.0945. The quantitative estimate of drug-likeness (QED) is 0.692. The molecule has 1 aromatic heterocycles. The Labute approximate surface area is 168 Å². The number of hydrogen-bond acceptors (Lipinski definition) is 6. The van der Waals surface area contributed by atoms with Crippen LogP contribution in [0.15, 0.2) is 24.3 Å². The summed E-state index contributed by atoms with van der Waals surface area (Å²) in [6, 6.07) is 8.01. The summed E-state index contributed by atoms with van der Waals surface area (Å²) >= 11 is 0. The first-order chi connectivity index (χ1) is 13.3. The summed E-state index contributed by atoms with van der Waals surface area (Å²) in [5.74, 6) is 0.980. The zero-order valence-electron chi connectivity index (χ0n) is 17.8. The maximum atomic E-state index is 12.4. The number of carbonyl (C=O) groups is 1. The molecule has 1 aromatic carbocycles. The van der Waals surface area contributed by atoms with Gasteiger partial charge in [0.25, 0.3) is 5.91 Å². The van der Waals surface area contributed by atoms with Gasteiger partial charge in [0.2, 0.25) is 0 Å². The predicted octanol–water partition coefficient (Wildman–Crippen LogP) is 2.97. The van der Waals surface area contributed by atoms with Gasteiger partial charge in [0.15, 0.2) is 0 Å². The fourth-order valence-corrected chi connectivity index (χ4v) is 2.94. The van der Waals surface area contributed by atoms with E-state index in [0.29, 0.717) is 23.9 Å². The summed E-state index contributed by atoms with van der Waals surface area (Å²) in [5, 5.41) is 6.22. The van der Waals surface area contributed by atoms with Crippen LogP contribution in [-0.4, -0.2) is 61.0 Å². The maximum absolute atomic E-state index is 12.4. The SMILES string of the molecule is CCN(CC)c1ccc(Nc2cc(C(=O)NCCN(C)C)nc(C)n2)c(C)c1. The number of benzene rings is 1. The van der Waals surface area contributed by atoms with Gasteiger partial charge >= 0.3 is 0 Å². The Morgan fingerprint density at radius 3 is 2.39 bits per heavy atom. The van der Waals surface area contributed by atoms with Crippen molar-refractivity contribution >= 4 is 23.1 Å². The minimum atomic E-state index is -0.191. The van der Waals surface area contributed by atoms with Crippen LogP contribution >= 0.6 is 0 Å². The number of carbonyl (C=O) groups excluding carboxylic acids is 1. The monoisotopic (exact) mass is 384 g/mol. The fourth-order valence-electron chi connectivity index (χ4n) is 2.94. The number of hydrogen-bond donors (Lipinski definition) is 2. The van der Waals surface area contributed by atoms with E-state index in [1.165, 1.54) is 5.69 Å². The molecule has 0 bridgehead atoms. The molecule has 0 unspecified atom stereocenters. The average molecular weight is 385 g/mol. The lowest BCUT2D eigenvalue weighted by Crippen LogP contribution is -2.32. The van der Waals surface area contributed by atoms with Crippen LogP contribution in [0.1, 0.15) is 35.7 Å². The van der Waals surface area contributed by atoms with E-state index < -0.39 is 0 Å². The van der Waals surface area contributed by atoms with Crippen molar-refractivity contribution < 1.29 is 4.79 Å². The van der Waals surface area contributed by atoms with Crippen LogP contribution in [-0.2, 0) is 0 Å². The summed E-state index contributed by atoms with van der Waals surface area (Å²) in [6.45, 7) is 11.5. The van der Waals surface area contributed by atoms with Gasteiger partial charge in [-0.15, -0.1) is 0 Å². The molecular formula is C21H32N6O. The molecule has 0 aliphatic rings. The van der Waals surface area contributed by atoms with E-state index in [2.05, 4.69) is 64.5 Å². The van der Waals surface area contributed by atoms with Crippen molar-refractivity contribution in [3.8, 4) is 0 Å². The molecule has 0 saturated carbocycles. The normalized spacial score (nSPS) is 10.8. The molecule has 0 fully saturated rings. The Kier molecular flexibility index (Phi) is 7.75. The van der Waals surface area contributed by atoms with E-state index in [1.807, 2.05) is 19.0 Å². The number of rotatable bonds is 9. The lowest BCUT2D eigenvalue weighted by atomic mass is 10.1. The van der Waals surface area contributed by atoms with Gasteiger partial charge < -0.3 is 20.4 Å². The number of aryl methyl sites for hydroxylation is 2. The zero-order valence-corrected chi connectivity index (χ0v) is 17.8. The molecule has 2 N–H and O–H groups in total. The Bertz CT molecular complexity index is 801. The first-order valence-corrected chi connectivity index (χ1v) is 9.75. The molecule has 2 rings (SSSR count).